The van der Waals surface area contributed by atoms with E-state index in [9.17, 15) is 0 Å². The summed E-state index contributed by atoms with van der Waals surface area (Å²) in [5.74, 6) is 0.952. The number of hydrogen-bond donors (Lipinski definition) is 1. The molecule has 0 spiro atoms. The van der Waals surface area contributed by atoms with Crippen molar-refractivity contribution in [2.75, 3.05) is 0 Å². The molecule has 0 saturated heterocycles. The van der Waals surface area contributed by atoms with Crippen LogP contribution in [0.1, 0.15) is 38.7 Å². The van der Waals surface area contributed by atoms with E-state index >= 15 is 0 Å². The van der Waals surface area contributed by atoms with E-state index in [4.69, 9.17) is 10.5 Å². The van der Waals surface area contributed by atoms with Crippen molar-refractivity contribution in [3.8, 4) is 5.75 Å². The quantitative estimate of drug-likeness (QED) is 0.920. The highest BCUT2D eigenvalue weighted by molar-refractivity contribution is 9.10. The molecule has 0 aromatic heterocycles. The average Bonchev–Trinajstić information content (AvgIpc) is 2.11. The number of ether oxygens (including phenoxy) is 1. The predicted molar refractivity (Wildman–Crippen MR) is 74.4 cm³/mol. The molecule has 3 heteroatoms. The third-order valence-electron chi connectivity index (χ3n) is 3.00. The van der Waals surface area contributed by atoms with E-state index in [1.165, 1.54) is 24.8 Å². The van der Waals surface area contributed by atoms with Crippen LogP contribution in [0.15, 0.2) is 22.7 Å². The van der Waals surface area contributed by atoms with Crippen LogP contribution in [0.2, 0.25) is 0 Å². The molecular formula is C14H20BrNO. The van der Waals surface area contributed by atoms with E-state index in [1.807, 2.05) is 19.9 Å². The normalized spacial score (nSPS) is 16.7. The monoisotopic (exact) mass is 297 g/mol. The van der Waals surface area contributed by atoms with Gasteiger partial charge in [-0.2, -0.15) is 0 Å². The minimum atomic E-state index is -0.171. The zero-order valence-corrected chi connectivity index (χ0v) is 12.1. The molecule has 0 atom stereocenters. The molecule has 1 saturated carbocycles. The van der Waals surface area contributed by atoms with E-state index in [2.05, 4.69) is 28.1 Å². The summed E-state index contributed by atoms with van der Waals surface area (Å²) in [4.78, 5) is 0. The van der Waals surface area contributed by atoms with Crippen LogP contribution in [0.4, 0.5) is 0 Å². The molecule has 0 bridgehead atoms. The minimum Gasteiger partial charge on any atom is -0.489 e. The van der Waals surface area contributed by atoms with Crippen molar-refractivity contribution in [2.24, 2.45) is 5.73 Å². The average molecular weight is 298 g/mol. The van der Waals surface area contributed by atoms with Crippen LogP contribution in [0.25, 0.3) is 0 Å². The molecule has 0 aliphatic heterocycles. The van der Waals surface area contributed by atoms with Gasteiger partial charge < -0.3 is 10.5 Å². The van der Waals surface area contributed by atoms with Crippen LogP contribution in [-0.4, -0.2) is 11.6 Å². The van der Waals surface area contributed by atoms with Crippen molar-refractivity contribution < 1.29 is 4.74 Å². The number of halogens is 1. The molecule has 0 radical (unpaired) electrons. The first kappa shape index (κ1) is 12.9. The highest BCUT2D eigenvalue weighted by atomic mass is 79.9. The van der Waals surface area contributed by atoms with E-state index < -0.39 is 0 Å². The molecule has 2 rings (SSSR count). The van der Waals surface area contributed by atoms with Crippen molar-refractivity contribution in [1.29, 1.82) is 0 Å². The molecule has 1 aromatic rings. The second kappa shape index (κ2) is 4.99. The van der Waals surface area contributed by atoms with Gasteiger partial charge in [-0.05, 0) is 73.2 Å². The molecule has 0 amide bonds. The lowest BCUT2D eigenvalue weighted by molar-refractivity contribution is 0.119. The smallest absolute Gasteiger partial charge is 0.133 e. The molecule has 1 aliphatic carbocycles. The van der Waals surface area contributed by atoms with Gasteiger partial charge in [0.05, 0.1) is 10.6 Å². The molecule has 1 fully saturated rings. The molecule has 1 aliphatic rings. The lowest BCUT2D eigenvalue weighted by Gasteiger charge is -2.27. The Bertz CT molecular complexity index is 394. The van der Waals surface area contributed by atoms with Gasteiger partial charge in [0, 0.05) is 5.54 Å². The Balaban J connectivity index is 2.05. The molecule has 17 heavy (non-hydrogen) atoms. The number of rotatable bonds is 4. The van der Waals surface area contributed by atoms with Crippen LogP contribution in [0, 0.1) is 0 Å². The number of nitrogens with two attached hydrogens (primary N) is 1. The lowest BCUT2D eigenvalue weighted by Crippen LogP contribution is -2.34. The summed E-state index contributed by atoms with van der Waals surface area (Å²) in [5, 5.41) is 0. The van der Waals surface area contributed by atoms with Crippen molar-refractivity contribution in [1.82, 2.24) is 0 Å². The minimum absolute atomic E-state index is 0.171. The summed E-state index contributed by atoms with van der Waals surface area (Å²) in [7, 11) is 0. The van der Waals surface area contributed by atoms with Gasteiger partial charge in [-0.25, -0.2) is 0 Å². The second-order valence-electron chi connectivity index (χ2n) is 5.60. The molecule has 94 valence electrons. The van der Waals surface area contributed by atoms with Crippen molar-refractivity contribution in [3.05, 3.63) is 28.2 Å². The van der Waals surface area contributed by atoms with Crippen LogP contribution >= 0.6 is 15.9 Å². The van der Waals surface area contributed by atoms with Crippen molar-refractivity contribution in [3.63, 3.8) is 0 Å². The van der Waals surface area contributed by atoms with Crippen molar-refractivity contribution in [2.45, 2.75) is 51.2 Å². The summed E-state index contributed by atoms with van der Waals surface area (Å²) < 4.78 is 6.92. The molecule has 2 N–H and O–H groups in total. The van der Waals surface area contributed by atoms with Gasteiger partial charge in [0.15, 0.2) is 0 Å². The fourth-order valence-corrected chi connectivity index (χ4v) is 2.46. The zero-order valence-electron chi connectivity index (χ0n) is 10.5. The maximum Gasteiger partial charge on any atom is 0.133 e. The highest BCUT2D eigenvalue weighted by Crippen LogP contribution is 2.31. The van der Waals surface area contributed by atoms with E-state index in [0.717, 1.165) is 16.6 Å². The first-order valence-corrected chi connectivity index (χ1v) is 6.97. The summed E-state index contributed by atoms with van der Waals surface area (Å²) in [6, 6.07) is 6.26. The maximum atomic E-state index is 6.02. The van der Waals surface area contributed by atoms with Gasteiger partial charge in [0.25, 0.3) is 0 Å². The fourth-order valence-electron chi connectivity index (χ4n) is 1.94. The lowest BCUT2D eigenvalue weighted by atomic mass is 9.95. The van der Waals surface area contributed by atoms with Gasteiger partial charge in [0.1, 0.15) is 5.75 Å². The van der Waals surface area contributed by atoms with Gasteiger partial charge in [-0.1, -0.05) is 6.07 Å². The van der Waals surface area contributed by atoms with Crippen molar-refractivity contribution >= 4 is 15.9 Å². The molecule has 0 heterocycles. The van der Waals surface area contributed by atoms with Gasteiger partial charge in [0.2, 0.25) is 0 Å². The largest absolute Gasteiger partial charge is 0.489 e. The number of hydrogen-bond acceptors (Lipinski definition) is 2. The summed E-state index contributed by atoms with van der Waals surface area (Å²) in [5.41, 5.74) is 7.09. The van der Waals surface area contributed by atoms with E-state index in [0.29, 0.717) is 6.10 Å². The predicted octanol–water partition coefficient (Wildman–Crippen LogP) is 3.66. The summed E-state index contributed by atoms with van der Waals surface area (Å²) in [6.45, 7) is 4.08. The SMILES string of the molecule is CC(C)(N)Cc1ccc(OC2CCC2)c(Br)c1. The topological polar surface area (TPSA) is 35.2 Å². The van der Waals surface area contributed by atoms with Crippen LogP contribution < -0.4 is 10.5 Å². The molecule has 1 aromatic carbocycles. The van der Waals surface area contributed by atoms with Crippen LogP contribution in [0.5, 0.6) is 5.75 Å². The second-order valence-corrected chi connectivity index (χ2v) is 6.46. The van der Waals surface area contributed by atoms with E-state index in [-0.39, 0.29) is 5.54 Å². The number of benzene rings is 1. The first-order chi connectivity index (χ1) is 7.94. The Morgan fingerprint density at radius 2 is 2.12 bits per heavy atom. The van der Waals surface area contributed by atoms with E-state index in [1.54, 1.807) is 0 Å². The molecule has 2 nitrogen and oxygen atoms in total. The fraction of sp³-hybridized carbons (Fsp3) is 0.571. The van der Waals surface area contributed by atoms with Gasteiger partial charge >= 0.3 is 0 Å². The Hall–Kier alpha value is -0.540. The molecule has 0 unspecified atom stereocenters. The summed E-state index contributed by atoms with van der Waals surface area (Å²) in [6.07, 6.45) is 4.95. The molecular weight excluding hydrogens is 278 g/mol. The Kier molecular flexibility index (Phi) is 3.79. The summed E-state index contributed by atoms with van der Waals surface area (Å²) >= 11 is 3.57. The third kappa shape index (κ3) is 3.71. The Labute approximate surface area is 112 Å². The zero-order chi connectivity index (χ0) is 12.5. The third-order valence-corrected chi connectivity index (χ3v) is 3.62. The standard InChI is InChI=1S/C14H20BrNO/c1-14(2,16)9-10-6-7-13(12(15)8-10)17-11-4-3-5-11/h6-8,11H,3-5,9,16H2,1-2H3. The Morgan fingerprint density at radius 3 is 2.59 bits per heavy atom. The Morgan fingerprint density at radius 1 is 1.41 bits per heavy atom. The van der Waals surface area contributed by atoms with Crippen LogP contribution in [0.3, 0.4) is 0 Å². The first-order valence-electron chi connectivity index (χ1n) is 6.18. The van der Waals surface area contributed by atoms with Gasteiger partial charge in [-0.3, -0.25) is 0 Å². The maximum absolute atomic E-state index is 6.02. The van der Waals surface area contributed by atoms with Crippen LogP contribution in [-0.2, 0) is 6.42 Å². The highest BCUT2D eigenvalue weighted by Gasteiger charge is 2.20. The van der Waals surface area contributed by atoms with Gasteiger partial charge in [-0.15, -0.1) is 0 Å².